The molecule has 0 aliphatic carbocycles. The molecular weight excluding hydrogens is 284 g/mol. The van der Waals surface area contributed by atoms with Crippen LogP contribution in [0.5, 0.6) is 0 Å². The van der Waals surface area contributed by atoms with Gasteiger partial charge in [-0.15, -0.1) is 0 Å². The minimum Gasteiger partial charge on any atom is -0.292 e. The van der Waals surface area contributed by atoms with Gasteiger partial charge in [-0.2, -0.15) is 5.26 Å². The van der Waals surface area contributed by atoms with E-state index in [1.807, 2.05) is 0 Å². The number of benzene rings is 2. The molecule has 2 aromatic carbocycles. The lowest BCUT2D eigenvalue weighted by Crippen LogP contribution is -2.14. The molecule has 0 aliphatic rings. The quantitative estimate of drug-likeness (QED) is 0.799. The SMILES string of the molecule is N#CC(C(=O)c1ccc(Cl)cc1F)c1ccccc1F. The summed E-state index contributed by atoms with van der Waals surface area (Å²) >= 11 is 5.60. The molecule has 2 aromatic rings. The van der Waals surface area contributed by atoms with Crippen molar-refractivity contribution in [1.82, 2.24) is 0 Å². The topological polar surface area (TPSA) is 40.9 Å². The molecule has 0 N–H and O–H groups in total. The van der Waals surface area contributed by atoms with Gasteiger partial charge in [-0.25, -0.2) is 8.78 Å². The molecule has 0 radical (unpaired) electrons. The van der Waals surface area contributed by atoms with E-state index in [0.29, 0.717) is 0 Å². The maximum absolute atomic E-state index is 13.7. The molecule has 0 aliphatic heterocycles. The number of rotatable bonds is 3. The van der Waals surface area contributed by atoms with Crippen LogP contribution in [-0.4, -0.2) is 5.78 Å². The zero-order valence-corrected chi connectivity index (χ0v) is 10.9. The van der Waals surface area contributed by atoms with Crippen LogP contribution in [0.15, 0.2) is 42.5 Å². The summed E-state index contributed by atoms with van der Waals surface area (Å²) in [5.41, 5.74) is -0.362. The van der Waals surface area contributed by atoms with Crippen LogP contribution in [0.25, 0.3) is 0 Å². The van der Waals surface area contributed by atoms with Gasteiger partial charge in [0.25, 0.3) is 0 Å². The molecule has 1 unspecified atom stereocenters. The van der Waals surface area contributed by atoms with Crippen LogP contribution in [0.3, 0.4) is 0 Å². The van der Waals surface area contributed by atoms with Gasteiger partial charge < -0.3 is 0 Å². The molecule has 0 heterocycles. The number of nitrogens with zero attached hydrogens (tertiary/aromatic N) is 1. The molecular formula is C15H8ClF2NO. The zero-order chi connectivity index (χ0) is 14.7. The molecule has 100 valence electrons. The number of halogens is 3. The lowest BCUT2D eigenvalue weighted by atomic mass is 9.91. The molecule has 0 bridgehead atoms. The number of hydrogen-bond acceptors (Lipinski definition) is 2. The molecule has 0 fully saturated rings. The fraction of sp³-hybridized carbons (Fsp3) is 0.0667. The fourth-order valence-corrected chi connectivity index (χ4v) is 1.98. The molecule has 0 saturated heterocycles. The molecule has 0 aromatic heterocycles. The molecule has 2 nitrogen and oxygen atoms in total. The first-order valence-electron chi connectivity index (χ1n) is 5.68. The maximum Gasteiger partial charge on any atom is 0.187 e. The summed E-state index contributed by atoms with van der Waals surface area (Å²) in [4.78, 5) is 12.2. The molecule has 5 heteroatoms. The first-order chi connectivity index (χ1) is 9.54. The van der Waals surface area contributed by atoms with E-state index in [-0.39, 0.29) is 16.1 Å². The van der Waals surface area contributed by atoms with E-state index in [4.69, 9.17) is 16.9 Å². The molecule has 1 atom stereocenters. The number of ketones is 1. The minimum atomic E-state index is -1.40. The molecule has 0 amide bonds. The third-order valence-corrected chi connectivity index (χ3v) is 3.04. The number of Topliss-reactive ketones (excluding diaryl/α,β-unsaturated/α-hetero) is 1. The van der Waals surface area contributed by atoms with Crippen molar-refractivity contribution in [3.8, 4) is 6.07 Å². The number of nitriles is 1. The average molecular weight is 292 g/mol. The van der Waals surface area contributed by atoms with E-state index in [1.165, 1.54) is 30.3 Å². The minimum absolute atomic E-state index is 0.0747. The summed E-state index contributed by atoms with van der Waals surface area (Å²) < 4.78 is 27.4. The predicted molar refractivity (Wildman–Crippen MR) is 70.5 cm³/mol. The normalized spacial score (nSPS) is 11.7. The van der Waals surface area contributed by atoms with Crippen molar-refractivity contribution < 1.29 is 13.6 Å². The Hall–Kier alpha value is -2.25. The highest BCUT2D eigenvalue weighted by molar-refractivity contribution is 6.30. The Morgan fingerprint density at radius 1 is 1.15 bits per heavy atom. The van der Waals surface area contributed by atoms with Gasteiger partial charge in [0.05, 0.1) is 11.6 Å². The van der Waals surface area contributed by atoms with Crippen molar-refractivity contribution in [2.24, 2.45) is 0 Å². The van der Waals surface area contributed by atoms with Crippen molar-refractivity contribution >= 4 is 17.4 Å². The number of hydrogen-bond donors (Lipinski definition) is 0. The Morgan fingerprint density at radius 2 is 1.85 bits per heavy atom. The Balaban J connectivity index is 2.45. The number of carbonyl (C=O) groups excluding carboxylic acids is 1. The maximum atomic E-state index is 13.7. The fourth-order valence-electron chi connectivity index (χ4n) is 1.82. The highest BCUT2D eigenvalue weighted by Crippen LogP contribution is 2.25. The lowest BCUT2D eigenvalue weighted by molar-refractivity contribution is 0.0973. The summed E-state index contributed by atoms with van der Waals surface area (Å²) in [6, 6.07) is 10.6. The molecule has 2 rings (SSSR count). The Labute approximate surface area is 119 Å². The Kier molecular flexibility index (Phi) is 4.11. The van der Waals surface area contributed by atoms with Gasteiger partial charge in [0, 0.05) is 10.6 Å². The van der Waals surface area contributed by atoms with E-state index in [1.54, 1.807) is 6.07 Å². The predicted octanol–water partition coefficient (Wildman–Crippen LogP) is 4.11. The third kappa shape index (κ3) is 2.68. The lowest BCUT2D eigenvalue weighted by Gasteiger charge is -2.10. The number of carbonyl (C=O) groups is 1. The van der Waals surface area contributed by atoms with Crippen LogP contribution >= 0.6 is 11.6 Å². The molecule has 0 saturated carbocycles. The standard InChI is InChI=1S/C15H8ClF2NO/c16-9-5-6-11(14(18)7-9)15(20)12(8-19)10-3-1-2-4-13(10)17/h1-7,12H. The van der Waals surface area contributed by atoms with Crippen molar-refractivity contribution in [2.75, 3.05) is 0 Å². The van der Waals surface area contributed by atoms with Crippen molar-refractivity contribution in [1.29, 1.82) is 5.26 Å². The first kappa shape index (κ1) is 14.2. The average Bonchev–Trinajstić information content (AvgIpc) is 2.41. The molecule has 20 heavy (non-hydrogen) atoms. The van der Waals surface area contributed by atoms with E-state index in [2.05, 4.69) is 0 Å². The van der Waals surface area contributed by atoms with E-state index < -0.39 is 23.3 Å². The van der Waals surface area contributed by atoms with Crippen LogP contribution < -0.4 is 0 Å². The van der Waals surface area contributed by atoms with Crippen LogP contribution in [-0.2, 0) is 0 Å². The largest absolute Gasteiger partial charge is 0.292 e. The van der Waals surface area contributed by atoms with Gasteiger partial charge in [0.2, 0.25) is 0 Å². The van der Waals surface area contributed by atoms with Gasteiger partial charge in [-0.1, -0.05) is 29.8 Å². The summed E-state index contributed by atoms with van der Waals surface area (Å²) in [6.07, 6.45) is 0. The van der Waals surface area contributed by atoms with Gasteiger partial charge in [-0.05, 0) is 24.3 Å². The van der Waals surface area contributed by atoms with Crippen molar-refractivity contribution in [3.63, 3.8) is 0 Å². The van der Waals surface area contributed by atoms with Crippen LogP contribution in [0, 0.1) is 23.0 Å². The second kappa shape index (κ2) is 5.81. The van der Waals surface area contributed by atoms with Gasteiger partial charge in [0.15, 0.2) is 5.78 Å². The van der Waals surface area contributed by atoms with Crippen LogP contribution in [0.1, 0.15) is 21.8 Å². The van der Waals surface area contributed by atoms with E-state index in [9.17, 15) is 13.6 Å². The monoisotopic (exact) mass is 291 g/mol. The zero-order valence-electron chi connectivity index (χ0n) is 10.1. The van der Waals surface area contributed by atoms with Crippen molar-refractivity contribution in [3.05, 3.63) is 70.2 Å². The Bertz CT molecular complexity index is 709. The van der Waals surface area contributed by atoms with Crippen LogP contribution in [0.2, 0.25) is 5.02 Å². The van der Waals surface area contributed by atoms with Crippen LogP contribution in [0.4, 0.5) is 8.78 Å². The van der Waals surface area contributed by atoms with Crippen molar-refractivity contribution in [2.45, 2.75) is 5.92 Å². The third-order valence-electron chi connectivity index (χ3n) is 2.80. The van der Waals surface area contributed by atoms with E-state index >= 15 is 0 Å². The highest BCUT2D eigenvalue weighted by atomic mass is 35.5. The highest BCUT2D eigenvalue weighted by Gasteiger charge is 2.26. The smallest absolute Gasteiger partial charge is 0.187 e. The first-order valence-corrected chi connectivity index (χ1v) is 6.05. The van der Waals surface area contributed by atoms with Gasteiger partial charge in [0.1, 0.15) is 17.6 Å². The summed E-state index contributed by atoms with van der Waals surface area (Å²) in [5.74, 6) is -3.71. The molecule has 0 spiro atoms. The summed E-state index contributed by atoms with van der Waals surface area (Å²) in [5, 5.41) is 9.23. The van der Waals surface area contributed by atoms with E-state index in [0.717, 1.165) is 12.1 Å². The Morgan fingerprint density at radius 3 is 2.45 bits per heavy atom. The second-order valence-corrected chi connectivity index (χ2v) is 4.51. The second-order valence-electron chi connectivity index (χ2n) is 4.07. The summed E-state index contributed by atoms with van der Waals surface area (Å²) in [7, 11) is 0. The summed E-state index contributed by atoms with van der Waals surface area (Å²) in [6.45, 7) is 0. The van der Waals surface area contributed by atoms with Gasteiger partial charge >= 0.3 is 0 Å². The van der Waals surface area contributed by atoms with Gasteiger partial charge in [-0.3, -0.25) is 4.79 Å².